The van der Waals surface area contributed by atoms with Crippen molar-refractivity contribution in [1.29, 1.82) is 0 Å². The van der Waals surface area contributed by atoms with E-state index < -0.39 is 0 Å². The predicted octanol–water partition coefficient (Wildman–Crippen LogP) is 0.672. The molecule has 0 bridgehead atoms. The van der Waals surface area contributed by atoms with E-state index in [4.69, 9.17) is 0 Å². The zero-order chi connectivity index (χ0) is 13.7. The van der Waals surface area contributed by atoms with Gasteiger partial charge in [0.05, 0.1) is 5.57 Å². The van der Waals surface area contributed by atoms with Crippen molar-refractivity contribution in [2.24, 2.45) is 0 Å². The molecule has 2 N–H and O–H groups in total. The van der Waals surface area contributed by atoms with Gasteiger partial charge in [-0.05, 0) is 18.9 Å². The second-order valence-corrected chi connectivity index (χ2v) is 4.62. The Labute approximate surface area is 113 Å². The molecule has 1 aliphatic heterocycles. The molecule has 5 nitrogen and oxygen atoms in total. The Morgan fingerprint density at radius 2 is 2.32 bits per heavy atom. The van der Waals surface area contributed by atoms with Crippen molar-refractivity contribution in [3.05, 3.63) is 35.2 Å². The molecule has 2 amide bonds. The molecule has 2 aliphatic rings. The Hall–Kier alpha value is -1.88. The van der Waals surface area contributed by atoms with Gasteiger partial charge in [0.15, 0.2) is 0 Å². The number of likely N-dealkylation sites (N-methyl/N-ethyl adjacent to an activating group) is 1. The monoisotopic (exact) mass is 261 g/mol. The molecule has 0 atom stereocenters. The van der Waals surface area contributed by atoms with Crippen LogP contribution in [0.4, 0.5) is 0 Å². The summed E-state index contributed by atoms with van der Waals surface area (Å²) < 4.78 is 0. The van der Waals surface area contributed by atoms with Crippen LogP contribution in [0.2, 0.25) is 0 Å². The van der Waals surface area contributed by atoms with Crippen molar-refractivity contribution in [3.8, 4) is 0 Å². The van der Waals surface area contributed by atoms with Gasteiger partial charge in [0.1, 0.15) is 0 Å². The highest BCUT2D eigenvalue weighted by molar-refractivity contribution is 5.96. The van der Waals surface area contributed by atoms with Crippen LogP contribution < -0.4 is 10.6 Å². The molecule has 19 heavy (non-hydrogen) atoms. The fourth-order valence-corrected chi connectivity index (χ4v) is 2.29. The van der Waals surface area contributed by atoms with E-state index in [1.807, 2.05) is 6.08 Å². The number of allylic oxidation sites excluding steroid dienone is 3. The Balaban J connectivity index is 2.19. The topological polar surface area (TPSA) is 61.4 Å². The van der Waals surface area contributed by atoms with Crippen LogP contribution in [-0.4, -0.2) is 37.4 Å². The first kappa shape index (κ1) is 13.5. The third-order valence-electron chi connectivity index (χ3n) is 3.38. The van der Waals surface area contributed by atoms with Gasteiger partial charge in [-0.25, -0.2) is 0 Å². The van der Waals surface area contributed by atoms with E-state index >= 15 is 0 Å². The summed E-state index contributed by atoms with van der Waals surface area (Å²) in [5.74, 6) is -0.0608. The highest BCUT2D eigenvalue weighted by atomic mass is 16.2. The lowest BCUT2D eigenvalue weighted by atomic mass is 10.1. The van der Waals surface area contributed by atoms with E-state index in [0.29, 0.717) is 24.9 Å². The summed E-state index contributed by atoms with van der Waals surface area (Å²) in [5, 5.41) is 5.81. The summed E-state index contributed by atoms with van der Waals surface area (Å²) in [6.07, 6.45) is 9.37. The largest absolute Gasteiger partial charge is 0.332 e. The smallest absolute Gasteiger partial charge is 0.256 e. The molecular weight excluding hydrogens is 242 g/mol. The number of hydrogen-bond acceptors (Lipinski definition) is 3. The lowest BCUT2D eigenvalue weighted by Crippen LogP contribution is -2.38. The van der Waals surface area contributed by atoms with E-state index in [1.165, 1.54) is 0 Å². The van der Waals surface area contributed by atoms with Crippen LogP contribution >= 0.6 is 0 Å². The van der Waals surface area contributed by atoms with Gasteiger partial charge in [0, 0.05) is 38.0 Å². The molecule has 0 saturated carbocycles. The molecule has 0 saturated heterocycles. The van der Waals surface area contributed by atoms with Crippen LogP contribution in [-0.2, 0) is 9.59 Å². The van der Waals surface area contributed by atoms with E-state index in [-0.39, 0.29) is 5.91 Å². The predicted molar refractivity (Wildman–Crippen MR) is 72.9 cm³/mol. The molecule has 0 radical (unpaired) electrons. The maximum Gasteiger partial charge on any atom is 0.256 e. The summed E-state index contributed by atoms with van der Waals surface area (Å²) in [5.41, 5.74) is 2.28. The quantitative estimate of drug-likeness (QED) is 0.731. The summed E-state index contributed by atoms with van der Waals surface area (Å²) in [6.45, 7) is 1.27. The number of hydrogen-bond donors (Lipinski definition) is 2. The average Bonchev–Trinajstić information content (AvgIpc) is 2.47. The maximum atomic E-state index is 12.5. The number of nitrogens with zero attached hydrogens (tertiary/aromatic N) is 1. The third kappa shape index (κ3) is 3.12. The first-order valence-corrected chi connectivity index (χ1v) is 6.51. The number of carbonyl (C=O) groups is 2. The summed E-state index contributed by atoms with van der Waals surface area (Å²) in [7, 11) is 1.77. The molecular formula is C14H19N3O2. The first-order valence-electron chi connectivity index (χ1n) is 6.51. The van der Waals surface area contributed by atoms with Crippen LogP contribution in [0.5, 0.6) is 0 Å². The molecule has 102 valence electrons. The highest BCUT2D eigenvalue weighted by Gasteiger charge is 2.23. The van der Waals surface area contributed by atoms with Gasteiger partial charge in [0.25, 0.3) is 5.91 Å². The fourth-order valence-electron chi connectivity index (χ4n) is 2.29. The number of carbonyl (C=O) groups excluding carboxylic acids is 2. The molecule has 0 aromatic carbocycles. The summed E-state index contributed by atoms with van der Waals surface area (Å²) >= 11 is 0. The number of nitrogens with one attached hydrogen (secondary N) is 2. The summed E-state index contributed by atoms with van der Waals surface area (Å²) in [4.78, 5) is 24.7. The highest BCUT2D eigenvalue weighted by Crippen LogP contribution is 2.18. The number of rotatable bonds is 4. The molecule has 0 spiro atoms. The minimum atomic E-state index is -0.0608. The van der Waals surface area contributed by atoms with Crippen LogP contribution in [0, 0.1) is 0 Å². The van der Waals surface area contributed by atoms with Crippen molar-refractivity contribution in [2.45, 2.75) is 19.3 Å². The Morgan fingerprint density at radius 1 is 1.47 bits per heavy atom. The van der Waals surface area contributed by atoms with Crippen LogP contribution in [0.3, 0.4) is 0 Å². The van der Waals surface area contributed by atoms with E-state index in [1.54, 1.807) is 11.9 Å². The van der Waals surface area contributed by atoms with Gasteiger partial charge in [-0.15, -0.1) is 0 Å². The molecule has 0 fully saturated rings. The summed E-state index contributed by atoms with van der Waals surface area (Å²) in [6, 6.07) is 0. The van der Waals surface area contributed by atoms with Crippen molar-refractivity contribution < 1.29 is 9.59 Å². The Kier molecular flexibility index (Phi) is 4.52. The van der Waals surface area contributed by atoms with E-state index in [0.717, 1.165) is 30.8 Å². The molecule has 1 aliphatic carbocycles. The zero-order valence-electron chi connectivity index (χ0n) is 11.1. The van der Waals surface area contributed by atoms with Crippen molar-refractivity contribution in [1.82, 2.24) is 15.5 Å². The van der Waals surface area contributed by atoms with Crippen LogP contribution in [0.15, 0.2) is 35.2 Å². The van der Waals surface area contributed by atoms with Gasteiger partial charge in [-0.1, -0.05) is 12.2 Å². The molecule has 2 rings (SSSR count). The third-order valence-corrected chi connectivity index (χ3v) is 3.38. The van der Waals surface area contributed by atoms with Crippen molar-refractivity contribution >= 4 is 12.3 Å². The van der Waals surface area contributed by atoms with E-state index in [9.17, 15) is 9.59 Å². The molecule has 0 aromatic heterocycles. The standard InChI is InChI=1S/C14H19N3O2/c1-17(11-5-3-2-4-6-11)14(19)12-9-15-8-7-13(12)16-10-18/h3,5-6,10,15H,2,4,7-9H2,1H3,(H,16,18). The van der Waals surface area contributed by atoms with Gasteiger partial charge < -0.3 is 15.5 Å². The first-order chi connectivity index (χ1) is 9.24. The average molecular weight is 261 g/mol. The molecule has 0 unspecified atom stereocenters. The SMILES string of the molecule is CN(C(=O)C1=C(NC=O)CCNC1)C1=CCCC=C1. The normalized spacial score (nSPS) is 18.9. The van der Waals surface area contributed by atoms with Gasteiger partial charge in [-0.2, -0.15) is 0 Å². The lowest BCUT2D eigenvalue weighted by Gasteiger charge is -2.26. The fraction of sp³-hybridized carbons (Fsp3) is 0.429. The minimum Gasteiger partial charge on any atom is -0.332 e. The van der Waals surface area contributed by atoms with Crippen molar-refractivity contribution in [2.75, 3.05) is 20.1 Å². The zero-order valence-corrected chi connectivity index (χ0v) is 11.1. The van der Waals surface area contributed by atoms with Gasteiger partial charge in [-0.3, -0.25) is 9.59 Å². The molecule has 0 aromatic rings. The second-order valence-electron chi connectivity index (χ2n) is 4.62. The maximum absolute atomic E-state index is 12.5. The molecule has 5 heteroatoms. The Bertz CT molecular complexity index is 463. The second kappa shape index (κ2) is 6.33. The van der Waals surface area contributed by atoms with Gasteiger partial charge in [0.2, 0.25) is 6.41 Å². The number of amides is 2. The van der Waals surface area contributed by atoms with Crippen LogP contribution in [0.1, 0.15) is 19.3 Å². The van der Waals surface area contributed by atoms with Gasteiger partial charge >= 0.3 is 0 Å². The van der Waals surface area contributed by atoms with E-state index in [2.05, 4.69) is 22.8 Å². The van der Waals surface area contributed by atoms with Crippen LogP contribution in [0.25, 0.3) is 0 Å². The molecule has 1 heterocycles. The lowest BCUT2D eigenvalue weighted by molar-refractivity contribution is -0.124. The minimum absolute atomic E-state index is 0.0608. The van der Waals surface area contributed by atoms with Crippen molar-refractivity contribution in [3.63, 3.8) is 0 Å². The Morgan fingerprint density at radius 3 is 3.00 bits per heavy atom.